The zero-order valence-corrected chi connectivity index (χ0v) is 10.6. The maximum absolute atomic E-state index is 11.2. The fraction of sp³-hybridized carbons (Fsp3) is 0.615. The molecule has 0 aromatic carbocycles. The monoisotopic (exact) mass is 249 g/mol. The Morgan fingerprint density at radius 1 is 1.50 bits per heavy atom. The molecule has 1 aromatic heterocycles. The summed E-state index contributed by atoms with van der Waals surface area (Å²) in [6, 6.07) is -0.551. The van der Waals surface area contributed by atoms with Crippen LogP contribution in [-0.4, -0.2) is 27.1 Å². The van der Waals surface area contributed by atoms with Crippen molar-refractivity contribution >= 4 is 11.8 Å². The van der Waals surface area contributed by atoms with Crippen molar-refractivity contribution in [1.29, 1.82) is 0 Å². The molecule has 1 heterocycles. The molecule has 5 heteroatoms. The molecule has 1 aliphatic rings. The Hall–Kier alpha value is -1.65. The second kappa shape index (κ2) is 5.80. The zero-order valence-electron chi connectivity index (χ0n) is 10.6. The molecule has 5 nitrogen and oxygen atoms in total. The summed E-state index contributed by atoms with van der Waals surface area (Å²) in [4.78, 5) is 19.6. The van der Waals surface area contributed by atoms with E-state index in [1.54, 1.807) is 0 Å². The molecular formula is C13H19N3O2. The van der Waals surface area contributed by atoms with Crippen molar-refractivity contribution in [3.63, 3.8) is 0 Å². The Bertz CT molecular complexity index is 434. The second-order valence-electron chi connectivity index (χ2n) is 4.68. The Balaban J connectivity index is 2.11. The molecule has 0 saturated heterocycles. The first kappa shape index (κ1) is 12.8. The van der Waals surface area contributed by atoms with Gasteiger partial charge in [-0.15, -0.1) is 0 Å². The predicted molar refractivity (Wildman–Crippen MR) is 68.6 cm³/mol. The van der Waals surface area contributed by atoms with Crippen molar-refractivity contribution in [3.8, 4) is 0 Å². The molecule has 0 amide bonds. The van der Waals surface area contributed by atoms with E-state index < -0.39 is 12.0 Å². The summed E-state index contributed by atoms with van der Waals surface area (Å²) in [7, 11) is 0. The number of anilines is 1. The molecule has 2 N–H and O–H groups in total. The first-order chi connectivity index (χ1) is 8.72. The van der Waals surface area contributed by atoms with Gasteiger partial charge in [-0.05, 0) is 25.7 Å². The number of carbonyl (C=O) groups is 1. The summed E-state index contributed by atoms with van der Waals surface area (Å²) in [5.74, 6) is -0.102. The van der Waals surface area contributed by atoms with Gasteiger partial charge in [-0.1, -0.05) is 19.8 Å². The molecule has 1 atom stereocenters. The van der Waals surface area contributed by atoms with Crippen LogP contribution in [0.2, 0.25) is 0 Å². The summed E-state index contributed by atoms with van der Waals surface area (Å²) >= 11 is 0. The Kier molecular flexibility index (Phi) is 4.12. The van der Waals surface area contributed by atoms with E-state index in [2.05, 4.69) is 22.2 Å². The molecule has 0 fully saturated rings. The molecule has 98 valence electrons. The lowest BCUT2D eigenvalue weighted by molar-refractivity contribution is -0.138. The second-order valence-corrected chi connectivity index (χ2v) is 4.68. The van der Waals surface area contributed by atoms with Crippen molar-refractivity contribution in [2.45, 2.75) is 51.5 Å². The standard InChI is InChI=1S/C13H19N3O2/c1-2-3-6-11(13(17)18)16-12-9-5-4-7-10(9)14-8-15-12/h8,11H,2-7H2,1H3,(H,17,18)(H,14,15,16). The number of rotatable bonds is 6. The van der Waals surface area contributed by atoms with Gasteiger partial charge in [0.25, 0.3) is 0 Å². The van der Waals surface area contributed by atoms with Gasteiger partial charge in [0.05, 0.1) is 0 Å². The van der Waals surface area contributed by atoms with Crippen LogP contribution in [0, 0.1) is 0 Å². The van der Waals surface area contributed by atoms with Crippen LogP contribution in [0.15, 0.2) is 6.33 Å². The SMILES string of the molecule is CCCCC(Nc1ncnc2c1CCC2)C(=O)O. The Morgan fingerprint density at radius 3 is 3.06 bits per heavy atom. The Labute approximate surface area is 107 Å². The van der Waals surface area contributed by atoms with E-state index in [4.69, 9.17) is 0 Å². The lowest BCUT2D eigenvalue weighted by atomic mass is 10.1. The molecule has 18 heavy (non-hydrogen) atoms. The number of aliphatic carboxylic acids is 1. The topological polar surface area (TPSA) is 75.1 Å². The van der Waals surface area contributed by atoms with E-state index in [1.165, 1.54) is 6.33 Å². The van der Waals surface area contributed by atoms with E-state index in [1.807, 2.05) is 0 Å². The first-order valence-corrected chi connectivity index (χ1v) is 6.54. The lowest BCUT2D eigenvalue weighted by Crippen LogP contribution is -2.30. The van der Waals surface area contributed by atoms with Gasteiger partial charge in [0.15, 0.2) is 0 Å². The van der Waals surface area contributed by atoms with Gasteiger partial charge in [0.1, 0.15) is 18.2 Å². The van der Waals surface area contributed by atoms with Gasteiger partial charge in [0.2, 0.25) is 0 Å². The van der Waals surface area contributed by atoms with Crippen molar-refractivity contribution in [2.24, 2.45) is 0 Å². The average molecular weight is 249 g/mol. The van der Waals surface area contributed by atoms with Gasteiger partial charge in [-0.2, -0.15) is 0 Å². The quantitative estimate of drug-likeness (QED) is 0.806. The molecule has 0 bridgehead atoms. The van der Waals surface area contributed by atoms with Gasteiger partial charge < -0.3 is 10.4 Å². The van der Waals surface area contributed by atoms with Crippen LogP contribution in [0.3, 0.4) is 0 Å². The fourth-order valence-electron chi connectivity index (χ4n) is 2.31. The van der Waals surface area contributed by atoms with Crippen LogP contribution >= 0.6 is 0 Å². The molecule has 0 aliphatic heterocycles. The zero-order chi connectivity index (χ0) is 13.0. The van der Waals surface area contributed by atoms with Crippen LogP contribution < -0.4 is 5.32 Å². The summed E-state index contributed by atoms with van der Waals surface area (Å²) in [6.07, 6.45) is 7.04. The van der Waals surface area contributed by atoms with Crippen molar-refractivity contribution in [1.82, 2.24) is 9.97 Å². The van der Waals surface area contributed by atoms with Gasteiger partial charge in [-0.3, -0.25) is 0 Å². The fourth-order valence-corrected chi connectivity index (χ4v) is 2.31. The molecule has 0 saturated carbocycles. The molecule has 0 spiro atoms. The maximum atomic E-state index is 11.2. The van der Waals surface area contributed by atoms with E-state index in [9.17, 15) is 9.90 Å². The van der Waals surface area contributed by atoms with Crippen LogP contribution in [0.25, 0.3) is 0 Å². The number of nitrogens with zero attached hydrogens (tertiary/aromatic N) is 2. The summed E-state index contributed by atoms with van der Waals surface area (Å²) in [6.45, 7) is 2.06. The Morgan fingerprint density at radius 2 is 2.33 bits per heavy atom. The smallest absolute Gasteiger partial charge is 0.326 e. The number of hydrogen-bond donors (Lipinski definition) is 2. The third kappa shape index (κ3) is 2.78. The lowest BCUT2D eigenvalue weighted by Gasteiger charge is -2.16. The third-order valence-corrected chi connectivity index (χ3v) is 3.33. The van der Waals surface area contributed by atoms with E-state index in [0.717, 1.165) is 43.4 Å². The molecule has 1 aliphatic carbocycles. The predicted octanol–water partition coefficient (Wildman–Crippen LogP) is 2.02. The largest absolute Gasteiger partial charge is 0.480 e. The van der Waals surface area contributed by atoms with Crippen LogP contribution in [-0.2, 0) is 17.6 Å². The van der Waals surface area contributed by atoms with Gasteiger partial charge in [0, 0.05) is 11.3 Å². The van der Waals surface area contributed by atoms with Crippen molar-refractivity contribution < 1.29 is 9.90 Å². The van der Waals surface area contributed by atoms with Crippen LogP contribution in [0.1, 0.15) is 43.9 Å². The molecule has 0 radical (unpaired) electrons. The van der Waals surface area contributed by atoms with Gasteiger partial charge >= 0.3 is 5.97 Å². The minimum Gasteiger partial charge on any atom is -0.480 e. The maximum Gasteiger partial charge on any atom is 0.326 e. The minimum absolute atomic E-state index is 0.551. The van der Waals surface area contributed by atoms with E-state index in [0.29, 0.717) is 12.2 Å². The number of nitrogens with one attached hydrogen (secondary N) is 1. The number of carboxylic acids is 1. The first-order valence-electron chi connectivity index (χ1n) is 6.54. The van der Waals surface area contributed by atoms with Crippen LogP contribution in [0.5, 0.6) is 0 Å². The molecule has 1 aromatic rings. The normalized spacial score (nSPS) is 15.2. The summed E-state index contributed by atoms with van der Waals surface area (Å²) in [5.41, 5.74) is 2.16. The van der Waals surface area contributed by atoms with Crippen molar-refractivity contribution in [3.05, 3.63) is 17.6 Å². The molecule has 1 unspecified atom stereocenters. The number of carboxylic acid groups (broad SMARTS) is 1. The number of hydrogen-bond acceptors (Lipinski definition) is 4. The van der Waals surface area contributed by atoms with Crippen LogP contribution in [0.4, 0.5) is 5.82 Å². The highest BCUT2D eigenvalue weighted by molar-refractivity contribution is 5.77. The summed E-state index contributed by atoms with van der Waals surface area (Å²) < 4.78 is 0. The summed E-state index contributed by atoms with van der Waals surface area (Å²) in [5, 5.41) is 12.3. The highest BCUT2D eigenvalue weighted by atomic mass is 16.4. The third-order valence-electron chi connectivity index (χ3n) is 3.33. The number of aromatic nitrogens is 2. The highest BCUT2D eigenvalue weighted by Crippen LogP contribution is 2.25. The van der Waals surface area contributed by atoms with Gasteiger partial charge in [-0.25, -0.2) is 14.8 Å². The van der Waals surface area contributed by atoms with E-state index in [-0.39, 0.29) is 0 Å². The highest BCUT2D eigenvalue weighted by Gasteiger charge is 2.22. The number of unbranched alkanes of at least 4 members (excludes halogenated alkanes) is 1. The number of aryl methyl sites for hydroxylation is 1. The molecular weight excluding hydrogens is 230 g/mol. The minimum atomic E-state index is -0.811. The number of fused-ring (bicyclic) bond motifs is 1. The molecule has 2 rings (SSSR count). The van der Waals surface area contributed by atoms with Crippen molar-refractivity contribution in [2.75, 3.05) is 5.32 Å². The average Bonchev–Trinajstić information content (AvgIpc) is 2.83. The van der Waals surface area contributed by atoms with E-state index >= 15 is 0 Å².